The van der Waals surface area contributed by atoms with Gasteiger partial charge >= 0.3 is 0 Å². The first-order chi connectivity index (χ1) is 7.18. The van der Waals surface area contributed by atoms with E-state index < -0.39 is 0 Å². The van der Waals surface area contributed by atoms with Gasteiger partial charge in [-0.25, -0.2) is 0 Å². The molecular formula is C11H22ClN3O. The zero-order valence-corrected chi connectivity index (χ0v) is 10.9. The first kappa shape index (κ1) is 13.7. The highest BCUT2D eigenvalue weighted by Gasteiger charge is 2.30. The van der Waals surface area contributed by atoms with Crippen molar-refractivity contribution in [3.05, 3.63) is 0 Å². The average molecular weight is 248 g/mol. The Labute approximate surface area is 104 Å². The Morgan fingerprint density at radius 3 is 2.62 bits per heavy atom. The summed E-state index contributed by atoms with van der Waals surface area (Å²) in [6.07, 6.45) is 2.51. The normalized spacial score (nSPS) is 26.0. The van der Waals surface area contributed by atoms with Crippen molar-refractivity contribution in [2.24, 2.45) is 5.92 Å². The fraction of sp³-hybridized carbons (Fsp3) is 0.909. The van der Waals surface area contributed by atoms with E-state index in [-0.39, 0.29) is 18.3 Å². The summed E-state index contributed by atoms with van der Waals surface area (Å²) in [6.45, 7) is 3.80. The number of nitrogens with zero attached hydrogens (tertiary/aromatic N) is 2. The lowest BCUT2D eigenvalue weighted by Gasteiger charge is -2.32. The molecule has 2 aliphatic rings. The van der Waals surface area contributed by atoms with E-state index in [1.165, 1.54) is 19.4 Å². The summed E-state index contributed by atoms with van der Waals surface area (Å²) in [4.78, 5) is 16.2. The predicted molar refractivity (Wildman–Crippen MR) is 66.9 cm³/mol. The first-order valence-corrected chi connectivity index (χ1v) is 5.84. The number of rotatable bonds is 3. The van der Waals surface area contributed by atoms with Crippen LogP contribution < -0.4 is 5.32 Å². The Hall–Kier alpha value is -0.320. The zero-order chi connectivity index (χ0) is 10.8. The molecule has 0 aromatic carbocycles. The molecule has 0 aromatic rings. The quantitative estimate of drug-likeness (QED) is 0.773. The number of likely N-dealkylation sites (tertiary alicyclic amines) is 1. The van der Waals surface area contributed by atoms with Crippen molar-refractivity contribution in [2.75, 3.05) is 40.3 Å². The Bertz CT molecular complexity index is 245. The predicted octanol–water partition coefficient (Wildman–Crippen LogP) is 0.180. The minimum atomic E-state index is 0. The van der Waals surface area contributed by atoms with Crippen molar-refractivity contribution in [2.45, 2.75) is 18.9 Å². The topological polar surface area (TPSA) is 35.6 Å². The third kappa shape index (κ3) is 2.87. The molecule has 1 amide bonds. The van der Waals surface area contributed by atoms with Gasteiger partial charge in [0.2, 0.25) is 5.91 Å². The maximum atomic E-state index is 11.9. The summed E-state index contributed by atoms with van der Waals surface area (Å²) in [6, 6.07) is 0.576. The van der Waals surface area contributed by atoms with Gasteiger partial charge in [0.1, 0.15) is 0 Å². The Morgan fingerprint density at radius 2 is 2.19 bits per heavy atom. The summed E-state index contributed by atoms with van der Waals surface area (Å²) in [5.74, 6) is 0.552. The summed E-state index contributed by atoms with van der Waals surface area (Å²) in [5, 5.41) is 3.14. The van der Waals surface area contributed by atoms with Crippen molar-refractivity contribution in [3.8, 4) is 0 Å². The highest BCUT2D eigenvalue weighted by atomic mass is 35.5. The van der Waals surface area contributed by atoms with Crippen molar-refractivity contribution >= 4 is 18.3 Å². The second-order valence-electron chi connectivity index (χ2n) is 4.85. The van der Waals surface area contributed by atoms with Gasteiger partial charge in [-0.05, 0) is 26.4 Å². The molecule has 0 aliphatic carbocycles. The van der Waals surface area contributed by atoms with E-state index in [4.69, 9.17) is 0 Å². The fourth-order valence-corrected chi connectivity index (χ4v) is 2.39. The molecule has 0 radical (unpaired) electrons. The average Bonchev–Trinajstić information content (AvgIpc) is 2.49. The molecule has 0 spiro atoms. The van der Waals surface area contributed by atoms with Crippen molar-refractivity contribution in [3.63, 3.8) is 0 Å². The molecule has 1 N–H and O–H groups in total. The number of nitrogens with one attached hydrogen (secondary N) is 1. The van der Waals surface area contributed by atoms with Crippen LogP contribution in [0.25, 0.3) is 0 Å². The minimum Gasteiger partial charge on any atom is -0.344 e. The van der Waals surface area contributed by atoms with E-state index in [1.807, 2.05) is 11.9 Å². The lowest BCUT2D eigenvalue weighted by Crippen LogP contribution is -2.52. The van der Waals surface area contributed by atoms with E-state index >= 15 is 0 Å². The maximum Gasteiger partial charge on any atom is 0.228 e. The smallest absolute Gasteiger partial charge is 0.228 e. The second kappa shape index (κ2) is 5.84. The Kier molecular flexibility index (Phi) is 5.02. The fourth-order valence-electron chi connectivity index (χ4n) is 2.39. The van der Waals surface area contributed by atoms with Gasteiger partial charge in [-0.2, -0.15) is 0 Å². The van der Waals surface area contributed by atoms with E-state index in [0.29, 0.717) is 11.9 Å². The molecular weight excluding hydrogens is 226 g/mol. The van der Waals surface area contributed by atoms with Gasteiger partial charge in [0.05, 0.1) is 5.92 Å². The molecule has 4 nitrogen and oxygen atoms in total. The molecule has 16 heavy (non-hydrogen) atoms. The van der Waals surface area contributed by atoms with Crippen molar-refractivity contribution < 1.29 is 4.79 Å². The largest absolute Gasteiger partial charge is 0.344 e. The van der Waals surface area contributed by atoms with E-state index in [9.17, 15) is 4.79 Å². The van der Waals surface area contributed by atoms with Crippen LogP contribution in [0.4, 0.5) is 0 Å². The van der Waals surface area contributed by atoms with Crippen LogP contribution in [0.1, 0.15) is 12.8 Å². The summed E-state index contributed by atoms with van der Waals surface area (Å²) >= 11 is 0. The summed E-state index contributed by atoms with van der Waals surface area (Å²) < 4.78 is 0. The number of amides is 1. The number of hydrogen-bond acceptors (Lipinski definition) is 3. The number of carbonyl (C=O) groups is 1. The van der Waals surface area contributed by atoms with E-state index in [1.54, 1.807) is 0 Å². The molecule has 2 aliphatic heterocycles. The van der Waals surface area contributed by atoms with Gasteiger partial charge in [-0.1, -0.05) is 0 Å². The molecule has 0 saturated carbocycles. The highest BCUT2D eigenvalue weighted by Crippen LogP contribution is 2.16. The van der Waals surface area contributed by atoms with E-state index in [2.05, 4.69) is 17.3 Å². The second-order valence-corrected chi connectivity index (χ2v) is 4.85. The monoisotopic (exact) mass is 247 g/mol. The number of hydrogen-bond donors (Lipinski definition) is 1. The number of halogens is 1. The van der Waals surface area contributed by atoms with Crippen LogP contribution in [0.5, 0.6) is 0 Å². The van der Waals surface area contributed by atoms with Crippen LogP contribution >= 0.6 is 12.4 Å². The van der Waals surface area contributed by atoms with Crippen LogP contribution in [0, 0.1) is 5.92 Å². The van der Waals surface area contributed by atoms with Crippen LogP contribution in [0.2, 0.25) is 0 Å². The molecule has 0 aromatic heterocycles. The molecule has 2 heterocycles. The minimum absolute atomic E-state index is 0. The number of carbonyl (C=O) groups excluding carboxylic acids is 1. The molecule has 0 bridgehead atoms. The molecule has 94 valence electrons. The van der Waals surface area contributed by atoms with Gasteiger partial charge < -0.3 is 15.1 Å². The third-order valence-corrected chi connectivity index (χ3v) is 3.66. The standard InChI is InChI=1S/C11H21N3O.ClH/c1-13-5-3-4-10(13)8-14(2)11(15)9-6-12-7-9;/h9-10,12H,3-8H2,1-2H3;1H. The van der Waals surface area contributed by atoms with Gasteiger partial charge in [0.15, 0.2) is 0 Å². The highest BCUT2D eigenvalue weighted by molar-refractivity contribution is 5.85. The van der Waals surface area contributed by atoms with Crippen molar-refractivity contribution in [1.29, 1.82) is 0 Å². The maximum absolute atomic E-state index is 11.9. The Balaban J connectivity index is 0.00000128. The van der Waals surface area contributed by atoms with Crippen LogP contribution in [0.3, 0.4) is 0 Å². The van der Waals surface area contributed by atoms with Crippen LogP contribution in [0.15, 0.2) is 0 Å². The zero-order valence-electron chi connectivity index (χ0n) is 10.1. The third-order valence-electron chi connectivity index (χ3n) is 3.66. The lowest BCUT2D eigenvalue weighted by atomic mass is 10.0. The van der Waals surface area contributed by atoms with Gasteiger partial charge in [0.25, 0.3) is 0 Å². The summed E-state index contributed by atoms with van der Waals surface area (Å²) in [7, 11) is 4.09. The Morgan fingerprint density at radius 1 is 1.50 bits per heavy atom. The van der Waals surface area contributed by atoms with Gasteiger partial charge in [-0.15, -0.1) is 12.4 Å². The molecule has 2 rings (SSSR count). The molecule has 1 unspecified atom stereocenters. The van der Waals surface area contributed by atoms with Gasteiger partial charge in [-0.3, -0.25) is 4.79 Å². The molecule has 5 heteroatoms. The molecule has 2 saturated heterocycles. The lowest BCUT2D eigenvalue weighted by molar-refractivity contribution is -0.136. The van der Waals surface area contributed by atoms with Crippen LogP contribution in [-0.4, -0.2) is 62.0 Å². The number of likely N-dealkylation sites (N-methyl/N-ethyl adjacent to an activating group) is 2. The summed E-state index contributed by atoms with van der Waals surface area (Å²) in [5.41, 5.74) is 0. The first-order valence-electron chi connectivity index (χ1n) is 5.84. The molecule has 1 atom stereocenters. The SMILES string of the molecule is CN(CC1CCCN1C)C(=O)C1CNC1.Cl. The molecule has 2 fully saturated rings. The van der Waals surface area contributed by atoms with Crippen molar-refractivity contribution in [1.82, 2.24) is 15.1 Å². The van der Waals surface area contributed by atoms with Gasteiger partial charge in [0, 0.05) is 32.7 Å². The van der Waals surface area contributed by atoms with Crippen LogP contribution in [-0.2, 0) is 4.79 Å². The van der Waals surface area contributed by atoms with E-state index in [0.717, 1.165) is 19.6 Å².